The highest BCUT2D eigenvalue weighted by Gasteiger charge is 2.16. The Kier molecular flexibility index (Phi) is 3.74. The molecule has 1 N–H and O–H groups in total. The van der Waals surface area contributed by atoms with Crippen molar-refractivity contribution in [3.05, 3.63) is 66.5 Å². The van der Waals surface area contributed by atoms with Gasteiger partial charge >= 0.3 is 0 Å². The lowest BCUT2D eigenvalue weighted by atomic mass is 10.3. The highest BCUT2D eigenvalue weighted by molar-refractivity contribution is 6.02. The van der Waals surface area contributed by atoms with Crippen LogP contribution < -0.4 is 5.32 Å². The van der Waals surface area contributed by atoms with Crippen molar-refractivity contribution in [1.82, 2.24) is 24.5 Å². The standard InChI is InChI=1S/C18H16N6O/c1-2-23-16-11-7-6-10-14(16)20-18(23)21-17(25)15-12-19-24(22-15)13-8-4-3-5-9-13/h3-12H,2H2,1H3,(H,20,21,25). The topological polar surface area (TPSA) is 77.6 Å². The van der Waals surface area contributed by atoms with E-state index in [1.54, 1.807) is 0 Å². The van der Waals surface area contributed by atoms with Crippen LogP contribution in [0.1, 0.15) is 17.4 Å². The first-order chi connectivity index (χ1) is 12.3. The van der Waals surface area contributed by atoms with Gasteiger partial charge in [-0.3, -0.25) is 10.1 Å². The number of aromatic nitrogens is 5. The molecule has 0 aliphatic carbocycles. The predicted molar refractivity (Wildman–Crippen MR) is 94.7 cm³/mol. The van der Waals surface area contributed by atoms with Gasteiger partial charge in [-0.05, 0) is 31.2 Å². The van der Waals surface area contributed by atoms with Crippen molar-refractivity contribution >= 4 is 22.9 Å². The molecule has 2 aromatic carbocycles. The van der Waals surface area contributed by atoms with E-state index in [4.69, 9.17) is 0 Å². The summed E-state index contributed by atoms with van der Waals surface area (Å²) in [7, 11) is 0. The first-order valence-corrected chi connectivity index (χ1v) is 8.00. The van der Waals surface area contributed by atoms with Crippen LogP contribution >= 0.6 is 0 Å². The second kappa shape index (κ2) is 6.20. The van der Waals surface area contributed by atoms with E-state index in [1.807, 2.05) is 66.1 Å². The molecule has 0 atom stereocenters. The maximum absolute atomic E-state index is 12.5. The van der Waals surface area contributed by atoms with Gasteiger partial charge in [-0.25, -0.2) is 4.98 Å². The Morgan fingerprint density at radius 1 is 1.08 bits per heavy atom. The number of hydrogen-bond donors (Lipinski definition) is 1. The highest BCUT2D eigenvalue weighted by atomic mass is 16.2. The zero-order valence-electron chi connectivity index (χ0n) is 13.6. The van der Waals surface area contributed by atoms with Gasteiger partial charge in [-0.15, -0.1) is 5.10 Å². The number of imidazole rings is 1. The summed E-state index contributed by atoms with van der Waals surface area (Å²) in [4.78, 5) is 18.4. The zero-order chi connectivity index (χ0) is 17.2. The number of anilines is 1. The van der Waals surface area contributed by atoms with Crippen molar-refractivity contribution < 1.29 is 4.79 Å². The SMILES string of the molecule is CCn1c(NC(=O)c2cnn(-c3ccccc3)n2)nc2ccccc21. The van der Waals surface area contributed by atoms with Gasteiger partial charge in [0, 0.05) is 6.54 Å². The molecule has 0 saturated carbocycles. The maximum atomic E-state index is 12.5. The molecule has 0 bridgehead atoms. The Labute approximate surface area is 143 Å². The molecule has 0 unspecified atom stereocenters. The molecular formula is C18H16N6O. The Morgan fingerprint density at radius 3 is 2.64 bits per heavy atom. The fourth-order valence-corrected chi connectivity index (χ4v) is 2.71. The Morgan fingerprint density at radius 2 is 1.84 bits per heavy atom. The van der Waals surface area contributed by atoms with Crippen LogP contribution in [-0.2, 0) is 6.54 Å². The fourth-order valence-electron chi connectivity index (χ4n) is 2.71. The lowest BCUT2D eigenvalue weighted by molar-refractivity contribution is 0.102. The molecule has 25 heavy (non-hydrogen) atoms. The largest absolute Gasteiger partial charge is 0.310 e. The van der Waals surface area contributed by atoms with Gasteiger partial charge in [0.1, 0.15) is 0 Å². The lowest BCUT2D eigenvalue weighted by Crippen LogP contribution is -2.16. The third kappa shape index (κ3) is 2.76. The van der Waals surface area contributed by atoms with E-state index < -0.39 is 0 Å². The van der Waals surface area contributed by atoms with Crippen LogP contribution in [0.5, 0.6) is 0 Å². The molecule has 0 radical (unpaired) electrons. The average Bonchev–Trinajstić information content (AvgIpc) is 3.27. The van der Waals surface area contributed by atoms with Crippen LogP contribution in [0, 0.1) is 0 Å². The molecule has 7 heteroatoms. The number of carbonyl (C=O) groups excluding carboxylic acids is 1. The molecule has 0 saturated heterocycles. The second-order valence-electron chi connectivity index (χ2n) is 5.48. The molecule has 0 spiro atoms. The molecule has 0 fully saturated rings. The Hall–Kier alpha value is -3.48. The maximum Gasteiger partial charge on any atom is 0.280 e. The second-order valence-corrected chi connectivity index (χ2v) is 5.48. The fraction of sp³-hybridized carbons (Fsp3) is 0.111. The highest BCUT2D eigenvalue weighted by Crippen LogP contribution is 2.19. The van der Waals surface area contributed by atoms with E-state index in [0.717, 1.165) is 16.7 Å². The molecule has 0 aliphatic rings. The summed E-state index contributed by atoms with van der Waals surface area (Å²) in [6, 6.07) is 17.2. The molecule has 0 aliphatic heterocycles. The van der Waals surface area contributed by atoms with E-state index in [0.29, 0.717) is 12.5 Å². The molecule has 7 nitrogen and oxygen atoms in total. The molecule has 2 aromatic heterocycles. The minimum atomic E-state index is -0.341. The quantitative estimate of drug-likeness (QED) is 0.623. The minimum Gasteiger partial charge on any atom is -0.310 e. The zero-order valence-corrected chi connectivity index (χ0v) is 13.6. The molecule has 124 valence electrons. The average molecular weight is 332 g/mol. The molecule has 2 heterocycles. The van der Waals surface area contributed by atoms with Gasteiger partial charge in [0.05, 0.1) is 22.9 Å². The number of rotatable bonds is 4. The van der Waals surface area contributed by atoms with Crippen LogP contribution in [0.3, 0.4) is 0 Å². The van der Waals surface area contributed by atoms with Gasteiger partial charge in [-0.2, -0.15) is 9.90 Å². The predicted octanol–water partition coefficient (Wildman–Crippen LogP) is 2.89. The summed E-state index contributed by atoms with van der Waals surface area (Å²) < 4.78 is 1.95. The third-order valence-electron chi connectivity index (χ3n) is 3.91. The van der Waals surface area contributed by atoms with Crippen molar-refractivity contribution in [3.8, 4) is 5.69 Å². The van der Waals surface area contributed by atoms with E-state index in [9.17, 15) is 4.79 Å². The lowest BCUT2D eigenvalue weighted by Gasteiger charge is -2.06. The van der Waals surface area contributed by atoms with Gasteiger partial charge in [0.15, 0.2) is 5.69 Å². The summed E-state index contributed by atoms with van der Waals surface area (Å²) in [6.45, 7) is 2.71. The molecule has 1 amide bonds. The molecule has 4 aromatic rings. The van der Waals surface area contributed by atoms with E-state index in [1.165, 1.54) is 11.0 Å². The number of aryl methyl sites for hydroxylation is 1. The van der Waals surface area contributed by atoms with Crippen molar-refractivity contribution in [1.29, 1.82) is 0 Å². The number of amides is 1. The van der Waals surface area contributed by atoms with Crippen LogP contribution in [0.15, 0.2) is 60.8 Å². The summed E-state index contributed by atoms with van der Waals surface area (Å²) in [6.07, 6.45) is 1.45. The summed E-state index contributed by atoms with van der Waals surface area (Å²) >= 11 is 0. The Balaban J connectivity index is 1.62. The number of para-hydroxylation sites is 3. The number of hydrogen-bond acceptors (Lipinski definition) is 4. The Bertz CT molecular complexity index is 1030. The van der Waals surface area contributed by atoms with Gasteiger partial charge in [0.25, 0.3) is 5.91 Å². The number of carbonyl (C=O) groups is 1. The third-order valence-corrected chi connectivity index (χ3v) is 3.91. The van der Waals surface area contributed by atoms with Gasteiger partial charge < -0.3 is 4.57 Å². The summed E-state index contributed by atoms with van der Waals surface area (Å²) in [5.74, 6) is 0.162. The van der Waals surface area contributed by atoms with Crippen molar-refractivity contribution in [2.75, 3.05) is 5.32 Å². The minimum absolute atomic E-state index is 0.235. The van der Waals surface area contributed by atoms with Gasteiger partial charge in [-0.1, -0.05) is 30.3 Å². The van der Waals surface area contributed by atoms with E-state index in [-0.39, 0.29) is 11.6 Å². The summed E-state index contributed by atoms with van der Waals surface area (Å²) in [5.41, 5.74) is 2.85. The summed E-state index contributed by atoms with van der Waals surface area (Å²) in [5, 5.41) is 11.2. The normalized spacial score (nSPS) is 10.9. The molecule has 4 rings (SSSR count). The van der Waals surface area contributed by atoms with Gasteiger partial charge in [0.2, 0.25) is 5.95 Å². The monoisotopic (exact) mass is 332 g/mol. The van der Waals surface area contributed by atoms with Crippen molar-refractivity contribution in [3.63, 3.8) is 0 Å². The van der Waals surface area contributed by atoms with Crippen LogP contribution in [-0.4, -0.2) is 30.5 Å². The smallest absolute Gasteiger partial charge is 0.280 e. The first-order valence-electron chi connectivity index (χ1n) is 8.00. The van der Waals surface area contributed by atoms with E-state index in [2.05, 4.69) is 20.5 Å². The number of benzene rings is 2. The number of nitrogens with zero attached hydrogens (tertiary/aromatic N) is 5. The van der Waals surface area contributed by atoms with Crippen LogP contribution in [0.2, 0.25) is 0 Å². The number of fused-ring (bicyclic) bond motifs is 1. The van der Waals surface area contributed by atoms with Crippen molar-refractivity contribution in [2.45, 2.75) is 13.5 Å². The van der Waals surface area contributed by atoms with E-state index >= 15 is 0 Å². The molecular weight excluding hydrogens is 316 g/mol. The van der Waals surface area contributed by atoms with Crippen molar-refractivity contribution in [2.24, 2.45) is 0 Å². The van der Waals surface area contributed by atoms with Crippen LogP contribution in [0.4, 0.5) is 5.95 Å². The van der Waals surface area contributed by atoms with Crippen LogP contribution in [0.25, 0.3) is 16.7 Å². The first kappa shape index (κ1) is 15.1. The number of nitrogens with one attached hydrogen (secondary N) is 1.